The Morgan fingerprint density at radius 1 is 1.42 bits per heavy atom. The van der Waals surface area contributed by atoms with E-state index in [9.17, 15) is 8.42 Å². The van der Waals surface area contributed by atoms with Gasteiger partial charge in [0.15, 0.2) is 0 Å². The van der Waals surface area contributed by atoms with E-state index in [4.69, 9.17) is 16.3 Å². The molecule has 0 unspecified atom stereocenters. The zero-order valence-electron chi connectivity index (χ0n) is 11.0. The second-order valence-corrected chi connectivity index (χ2v) is 6.47. The van der Waals surface area contributed by atoms with Gasteiger partial charge >= 0.3 is 0 Å². The van der Waals surface area contributed by atoms with E-state index in [2.05, 4.69) is 4.98 Å². The molecular formula is C12H19ClN2O3S. The van der Waals surface area contributed by atoms with Gasteiger partial charge in [-0.2, -0.15) is 4.31 Å². The van der Waals surface area contributed by atoms with Crippen LogP contribution in [0.5, 0.6) is 0 Å². The number of hydrogen-bond donors (Lipinski definition) is 0. The molecule has 0 aliphatic rings. The second-order valence-electron chi connectivity index (χ2n) is 4.01. The zero-order chi connectivity index (χ0) is 14.1. The molecule has 0 aliphatic carbocycles. The average molecular weight is 307 g/mol. The van der Waals surface area contributed by atoms with E-state index in [0.29, 0.717) is 31.1 Å². The summed E-state index contributed by atoms with van der Waals surface area (Å²) in [5.41, 5.74) is 0.716. The molecule has 1 heterocycles. The summed E-state index contributed by atoms with van der Waals surface area (Å²) in [4.78, 5) is 4.15. The number of rotatable bonds is 9. The molecule has 0 N–H and O–H groups in total. The highest BCUT2D eigenvalue weighted by molar-refractivity contribution is 7.89. The van der Waals surface area contributed by atoms with Gasteiger partial charge in [0.1, 0.15) is 0 Å². The van der Waals surface area contributed by atoms with E-state index in [1.807, 2.05) is 6.07 Å². The lowest BCUT2D eigenvalue weighted by atomic mass is 10.3. The first-order chi connectivity index (χ1) is 9.10. The number of halogens is 1. The van der Waals surface area contributed by atoms with Gasteiger partial charge in [0.05, 0.1) is 24.6 Å². The van der Waals surface area contributed by atoms with Crippen LogP contribution in [0.1, 0.15) is 12.1 Å². The lowest BCUT2D eigenvalue weighted by molar-refractivity contribution is 0.177. The molecule has 0 amide bonds. The molecular weight excluding hydrogens is 288 g/mol. The first-order valence-electron chi connectivity index (χ1n) is 6.03. The number of methoxy groups -OCH3 is 1. The van der Waals surface area contributed by atoms with E-state index < -0.39 is 10.0 Å². The molecule has 108 valence electrons. The summed E-state index contributed by atoms with van der Waals surface area (Å²) < 4.78 is 30.7. The third-order valence-corrected chi connectivity index (χ3v) is 4.71. The van der Waals surface area contributed by atoms with Crippen molar-refractivity contribution < 1.29 is 13.2 Å². The zero-order valence-corrected chi connectivity index (χ0v) is 12.5. The van der Waals surface area contributed by atoms with Gasteiger partial charge in [-0.05, 0) is 18.6 Å². The van der Waals surface area contributed by atoms with Gasteiger partial charge in [0.25, 0.3) is 0 Å². The van der Waals surface area contributed by atoms with Crippen LogP contribution in [0.4, 0.5) is 0 Å². The van der Waals surface area contributed by atoms with Gasteiger partial charge in [0, 0.05) is 25.7 Å². The predicted molar refractivity (Wildman–Crippen MR) is 75.6 cm³/mol. The molecule has 0 bridgehead atoms. The van der Waals surface area contributed by atoms with Crippen molar-refractivity contribution >= 4 is 21.6 Å². The Hall–Kier alpha value is -0.690. The first-order valence-corrected chi connectivity index (χ1v) is 8.17. The van der Waals surface area contributed by atoms with E-state index in [-0.39, 0.29) is 12.3 Å². The van der Waals surface area contributed by atoms with Crippen LogP contribution in [0, 0.1) is 0 Å². The lowest BCUT2D eigenvalue weighted by Crippen LogP contribution is -2.35. The maximum atomic E-state index is 12.2. The summed E-state index contributed by atoms with van der Waals surface area (Å²) in [5, 5.41) is 0. The second kappa shape index (κ2) is 8.47. The van der Waals surface area contributed by atoms with Crippen LogP contribution in [0.25, 0.3) is 0 Å². The van der Waals surface area contributed by atoms with Crippen molar-refractivity contribution in [1.82, 2.24) is 9.29 Å². The fraction of sp³-hybridized carbons (Fsp3) is 0.583. The van der Waals surface area contributed by atoms with Crippen molar-refractivity contribution in [2.45, 2.75) is 13.0 Å². The van der Waals surface area contributed by atoms with Crippen LogP contribution in [0.3, 0.4) is 0 Å². The third-order valence-electron chi connectivity index (χ3n) is 2.54. The highest BCUT2D eigenvalue weighted by Crippen LogP contribution is 2.09. The molecule has 0 spiro atoms. The highest BCUT2D eigenvalue weighted by Gasteiger charge is 2.21. The smallest absolute Gasteiger partial charge is 0.214 e. The number of ether oxygens (including phenoxy) is 1. The molecule has 0 aliphatic heterocycles. The molecule has 7 heteroatoms. The number of sulfonamides is 1. The van der Waals surface area contributed by atoms with Crippen molar-refractivity contribution in [3.05, 3.63) is 30.1 Å². The standard InChI is InChI=1S/C12H19ClN2O3S/c1-18-9-8-15(19(16,17)10-4-6-13)11-12-5-2-3-7-14-12/h2-3,5,7H,4,6,8-11H2,1H3. The number of aromatic nitrogens is 1. The minimum absolute atomic E-state index is 0.0487. The van der Waals surface area contributed by atoms with Gasteiger partial charge in [-0.1, -0.05) is 6.07 Å². The van der Waals surface area contributed by atoms with Gasteiger partial charge < -0.3 is 4.74 Å². The molecule has 0 saturated carbocycles. The molecule has 0 saturated heterocycles. The largest absolute Gasteiger partial charge is 0.383 e. The van der Waals surface area contributed by atoms with Crippen molar-refractivity contribution in [3.8, 4) is 0 Å². The van der Waals surface area contributed by atoms with Gasteiger partial charge in [-0.15, -0.1) is 11.6 Å². The molecule has 5 nitrogen and oxygen atoms in total. The van der Waals surface area contributed by atoms with Crippen LogP contribution >= 0.6 is 11.6 Å². The maximum Gasteiger partial charge on any atom is 0.214 e. The summed E-state index contributed by atoms with van der Waals surface area (Å²) in [6.45, 7) is 0.930. The normalized spacial score (nSPS) is 11.9. The Labute approximate surface area is 119 Å². The van der Waals surface area contributed by atoms with Crippen LogP contribution in [0.15, 0.2) is 24.4 Å². The Bertz CT molecular complexity index is 453. The van der Waals surface area contributed by atoms with Crippen LogP contribution in [0.2, 0.25) is 0 Å². The van der Waals surface area contributed by atoms with E-state index in [0.717, 1.165) is 0 Å². The highest BCUT2D eigenvalue weighted by atomic mass is 35.5. The van der Waals surface area contributed by atoms with Crippen LogP contribution in [-0.4, -0.2) is 49.6 Å². The Balaban J connectivity index is 2.76. The third kappa shape index (κ3) is 5.86. The summed E-state index contributed by atoms with van der Waals surface area (Å²) >= 11 is 5.56. The topological polar surface area (TPSA) is 59.5 Å². The Morgan fingerprint density at radius 2 is 2.21 bits per heavy atom. The summed E-state index contributed by atoms with van der Waals surface area (Å²) in [5.74, 6) is 0.383. The fourth-order valence-corrected chi connectivity index (χ4v) is 3.29. The number of pyridine rings is 1. The number of hydrogen-bond acceptors (Lipinski definition) is 4. The Kier molecular flexibility index (Phi) is 7.30. The molecule has 1 rings (SSSR count). The average Bonchev–Trinajstić information content (AvgIpc) is 2.42. The SMILES string of the molecule is COCCN(Cc1ccccn1)S(=O)(=O)CCCCl. The summed E-state index contributed by atoms with van der Waals surface area (Å²) in [7, 11) is -1.78. The van der Waals surface area contributed by atoms with Crippen molar-refractivity contribution in [2.24, 2.45) is 0 Å². The van der Waals surface area contributed by atoms with E-state index in [1.54, 1.807) is 25.4 Å². The van der Waals surface area contributed by atoms with Crippen LogP contribution < -0.4 is 0 Å². The fourth-order valence-electron chi connectivity index (χ4n) is 1.55. The van der Waals surface area contributed by atoms with Gasteiger partial charge in [-0.25, -0.2) is 8.42 Å². The quantitative estimate of drug-likeness (QED) is 0.649. The predicted octanol–water partition coefficient (Wildman–Crippen LogP) is 1.49. The van der Waals surface area contributed by atoms with Crippen LogP contribution in [-0.2, 0) is 21.3 Å². The van der Waals surface area contributed by atoms with Gasteiger partial charge in [0.2, 0.25) is 10.0 Å². The summed E-state index contributed by atoms with van der Waals surface area (Å²) in [6.07, 6.45) is 2.09. The molecule has 1 aromatic heterocycles. The monoisotopic (exact) mass is 306 g/mol. The first kappa shape index (κ1) is 16.4. The molecule has 0 aromatic carbocycles. The molecule has 0 atom stereocenters. The minimum Gasteiger partial charge on any atom is -0.383 e. The van der Waals surface area contributed by atoms with E-state index in [1.165, 1.54) is 4.31 Å². The maximum absolute atomic E-state index is 12.2. The summed E-state index contributed by atoms with van der Waals surface area (Å²) in [6, 6.07) is 5.43. The van der Waals surface area contributed by atoms with Crippen molar-refractivity contribution in [2.75, 3.05) is 31.9 Å². The Morgan fingerprint density at radius 3 is 2.79 bits per heavy atom. The lowest BCUT2D eigenvalue weighted by Gasteiger charge is -2.21. The molecule has 19 heavy (non-hydrogen) atoms. The van der Waals surface area contributed by atoms with Crippen molar-refractivity contribution in [3.63, 3.8) is 0 Å². The molecule has 1 aromatic rings. The van der Waals surface area contributed by atoms with E-state index >= 15 is 0 Å². The number of nitrogens with zero attached hydrogens (tertiary/aromatic N) is 2. The van der Waals surface area contributed by atoms with Gasteiger partial charge in [-0.3, -0.25) is 4.98 Å². The molecule has 0 radical (unpaired) electrons. The molecule has 0 fully saturated rings. The van der Waals surface area contributed by atoms with Crippen molar-refractivity contribution in [1.29, 1.82) is 0 Å². The minimum atomic E-state index is -3.33. The number of alkyl halides is 1.